The van der Waals surface area contributed by atoms with Crippen LogP contribution in [0.25, 0.3) is 0 Å². The van der Waals surface area contributed by atoms with E-state index >= 15 is 0 Å². The largest absolute Gasteiger partial charge is 0.325 e. The summed E-state index contributed by atoms with van der Waals surface area (Å²) < 4.78 is 25.4. The smallest absolute Gasteiger partial charge is 0.290 e. The van der Waals surface area contributed by atoms with Crippen molar-refractivity contribution in [1.82, 2.24) is 0 Å². The zero-order valence-electron chi connectivity index (χ0n) is 7.72. The van der Waals surface area contributed by atoms with Gasteiger partial charge in [0.05, 0.1) is 6.26 Å². The van der Waals surface area contributed by atoms with Crippen LogP contribution in [-0.2, 0) is 19.2 Å². The van der Waals surface area contributed by atoms with Crippen LogP contribution in [0, 0.1) is 0 Å². The first-order valence-electron chi connectivity index (χ1n) is 3.76. The van der Waals surface area contributed by atoms with E-state index < -0.39 is 10.1 Å². The lowest BCUT2D eigenvalue weighted by Crippen LogP contribution is -2.07. The van der Waals surface area contributed by atoms with Gasteiger partial charge in [0, 0.05) is 0 Å². The molecule has 0 aromatic rings. The lowest BCUT2D eigenvalue weighted by atomic mass is 10.1. The van der Waals surface area contributed by atoms with Gasteiger partial charge in [0.15, 0.2) is 5.78 Å². The van der Waals surface area contributed by atoms with Gasteiger partial charge in [-0.25, -0.2) is 0 Å². The zero-order valence-corrected chi connectivity index (χ0v) is 8.54. The van der Waals surface area contributed by atoms with Gasteiger partial charge >= 0.3 is 10.1 Å². The molecule has 0 saturated carbocycles. The summed E-state index contributed by atoms with van der Waals surface area (Å²) in [6.07, 6.45) is 5.04. The normalized spacial score (nSPS) is 19.7. The molecule has 0 spiro atoms. The molecule has 5 nitrogen and oxygen atoms in total. The third-order valence-corrected chi connectivity index (χ3v) is 1.78. The minimum atomic E-state index is -3.59. The molecule has 0 aromatic heterocycles. The number of hydrogen-bond donors (Lipinski definition) is 0. The van der Waals surface area contributed by atoms with E-state index in [4.69, 9.17) is 0 Å². The Balaban J connectivity index is 2.83. The molecule has 1 aliphatic rings. The van der Waals surface area contributed by atoms with Crippen molar-refractivity contribution in [2.24, 2.45) is 5.16 Å². The minimum absolute atomic E-state index is 0.122. The van der Waals surface area contributed by atoms with Crippen LogP contribution in [0.4, 0.5) is 0 Å². The average molecular weight is 215 g/mol. The summed E-state index contributed by atoms with van der Waals surface area (Å²) in [6.45, 7) is 1.61. The molecule has 1 aliphatic carbocycles. The summed E-state index contributed by atoms with van der Waals surface area (Å²) in [7, 11) is -3.59. The van der Waals surface area contributed by atoms with Crippen molar-refractivity contribution in [3.8, 4) is 0 Å². The molecule has 0 heterocycles. The van der Waals surface area contributed by atoms with Crippen molar-refractivity contribution in [3.63, 3.8) is 0 Å². The molecule has 14 heavy (non-hydrogen) atoms. The second-order valence-corrected chi connectivity index (χ2v) is 4.38. The van der Waals surface area contributed by atoms with Crippen LogP contribution in [0.3, 0.4) is 0 Å². The Kier molecular flexibility index (Phi) is 2.85. The molecule has 1 rings (SSSR count). The highest BCUT2D eigenvalue weighted by molar-refractivity contribution is 7.85. The molecule has 6 heteroatoms. The van der Waals surface area contributed by atoms with E-state index in [1.54, 1.807) is 6.92 Å². The molecular formula is C8H9NO4S. The number of allylic oxidation sites excluding steroid dienone is 4. The van der Waals surface area contributed by atoms with E-state index in [0.717, 1.165) is 6.26 Å². The molecule has 0 atom stereocenters. The van der Waals surface area contributed by atoms with Gasteiger partial charge in [0.2, 0.25) is 0 Å². The van der Waals surface area contributed by atoms with Gasteiger partial charge in [-0.1, -0.05) is 5.16 Å². The highest BCUT2D eigenvalue weighted by atomic mass is 32.2. The molecule has 0 fully saturated rings. The Morgan fingerprint density at radius 2 is 2.00 bits per heavy atom. The third-order valence-electron chi connectivity index (χ3n) is 1.44. The van der Waals surface area contributed by atoms with Crippen molar-refractivity contribution >= 4 is 21.6 Å². The summed E-state index contributed by atoms with van der Waals surface area (Å²) in [6, 6.07) is 0. The van der Waals surface area contributed by atoms with Crippen LogP contribution in [0.5, 0.6) is 0 Å². The highest BCUT2D eigenvalue weighted by Crippen LogP contribution is 2.05. The predicted molar refractivity (Wildman–Crippen MR) is 51.3 cm³/mol. The molecule has 0 saturated heterocycles. The van der Waals surface area contributed by atoms with E-state index in [9.17, 15) is 13.2 Å². The molecule has 0 amide bonds. The van der Waals surface area contributed by atoms with Crippen LogP contribution in [0.1, 0.15) is 6.92 Å². The fourth-order valence-electron chi connectivity index (χ4n) is 0.801. The lowest BCUT2D eigenvalue weighted by Gasteiger charge is -2.02. The van der Waals surface area contributed by atoms with E-state index in [0.29, 0.717) is 11.3 Å². The van der Waals surface area contributed by atoms with Gasteiger partial charge in [-0.05, 0) is 30.7 Å². The van der Waals surface area contributed by atoms with E-state index in [1.807, 2.05) is 0 Å². The molecule has 76 valence electrons. The van der Waals surface area contributed by atoms with Gasteiger partial charge < -0.3 is 0 Å². The van der Waals surface area contributed by atoms with E-state index in [2.05, 4.69) is 9.44 Å². The van der Waals surface area contributed by atoms with E-state index in [1.165, 1.54) is 18.2 Å². The first kappa shape index (κ1) is 10.6. The van der Waals surface area contributed by atoms with Crippen molar-refractivity contribution in [3.05, 3.63) is 23.8 Å². The van der Waals surface area contributed by atoms with Gasteiger partial charge in [0.1, 0.15) is 5.71 Å². The zero-order chi connectivity index (χ0) is 10.8. The minimum Gasteiger partial charge on any atom is -0.290 e. The summed E-state index contributed by atoms with van der Waals surface area (Å²) in [5.74, 6) is -0.122. The molecule has 0 radical (unpaired) electrons. The van der Waals surface area contributed by atoms with Crippen molar-refractivity contribution < 1.29 is 17.5 Å². The van der Waals surface area contributed by atoms with Gasteiger partial charge in [-0.3, -0.25) is 9.08 Å². The molecule has 0 bridgehead atoms. The fourth-order valence-corrected chi connectivity index (χ4v) is 1.02. The van der Waals surface area contributed by atoms with Crippen LogP contribution < -0.4 is 0 Å². The second-order valence-electron chi connectivity index (χ2n) is 2.82. The number of ketones is 1. The average Bonchev–Trinajstić information content (AvgIpc) is 2.06. The standard InChI is InChI=1S/C8H9NO4S/c1-6-5-7(3-4-8(6)10)9-13-14(2,11)12/h3-5H,1-2H3. The quantitative estimate of drug-likeness (QED) is 0.494. The number of carbonyl (C=O) groups excluding carboxylic acids is 1. The Labute approximate surface area is 81.9 Å². The van der Waals surface area contributed by atoms with Crippen LogP contribution in [-0.4, -0.2) is 26.2 Å². The van der Waals surface area contributed by atoms with Gasteiger partial charge in [-0.15, -0.1) is 0 Å². The van der Waals surface area contributed by atoms with Gasteiger partial charge in [0.25, 0.3) is 0 Å². The first-order valence-corrected chi connectivity index (χ1v) is 5.57. The Morgan fingerprint density at radius 1 is 1.36 bits per heavy atom. The second kappa shape index (κ2) is 3.75. The van der Waals surface area contributed by atoms with Crippen LogP contribution in [0.2, 0.25) is 0 Å². The summed E-state index contributed by atoms with van der Waals surface area (Å²) in [5.41, 5.74) is 0.788. The predicted octanol–water partition coefficient (Wildman–Crippen LogP) is 0.404. The number of carbonyl (C=O) groups is 1. The number of nitrogens with zero attached hydrogens (tertiary/aromatic N) is 1. The lowest BCUT2D eigenvalue weighted by molar-refractivity contribution is -0.111. The maximum Gasteiger partial charge on any atom is 0.325 e. The third kappa shape index (κ3) is 3.14. The fraction of sp³-hybridized carbons (Fsp3) is 0.250. The highest BCUT2D eigenvalue weighted by Gasteiger charge is 2.08. The summed E-state index contributed by atoms with van der Waals surface area (Å²) >= 11 is 0. The Morgan fingerprint density at radius 3 is 2.50 bits per heavy atom. The number of rotatable bonds is 2. The maximum atomic E-state index is 11.0. The number of hydrogen-bond acceptors (Lipinski definition) is 5. The molecule has 0 aromatic carbocycles. The van der Waals surface area contributed by atoms with Gasteiger partial charge in [-0.2, -0.15) is 8.42 Å². The Hall–Kier alpha value is -1.43. The van der Waals surface area contributed by atoms with Crippen molar-refractivity contribution in [2.75, 3.05) is 6.26 Å². The summed E-state index contributed by atoms with van der Waals surface area (Å²) in [5, 5.41) is 3.35. The SMILES string of the molecule is CC1=CC(=NOS(C)(=O)=O)C=CC1=O. The molecular weight excluding hydrogens is 206 g/mol. The maximum absolute atomic E-state index is 11.0. The molecule has 0 unspecified atom stereocenters. The monoisotopic (exact) mass is 215 g/mol. The van der Waals surface area contributed by atoms with Crippen molar-refractivity contribution in [2.45, 2.75) is 6.92 Å². The topological polar surface area (TPSA) is 72.8 Å². The number of oxime groups is 1. The first-order chi connectivity index (χ1) is 6.38. The molecule has 0 aliphatic heterocycles. The molecule has 0 N–H and O–H groups in total. The van der Waals surface area contributed by atoms with Crippen LogP contribution in [0.15, 0.2) is 29.0 Å². The Bertz CT molecular complexity index is 442. The summed E-state index contributed by atoms with van der Waals surface area (Å²) in [4.78, 5) is 11.0. The van der Waals surface area contributed by atoms with Crippen LogP contribution >= 0.6 is 0 Å². The van der Waals surface area contributed by atoms with Crippen molar-refractivity contribution in [1.29, 1.82) is 0 Å². The van der Waals surface area contributed by atoms with E-state index in [-0.39, 0.29) is 5.78 Å².